The van der Waals surface area contributed by atoms with Crippen molar-refractivity contribution in [1.29, 1.82) is 0 Å². The first-order valence-electron chi connectivity index (χ1n) is 8.17. The molecule has 2 aromatic carbocycles. The van der Waals surface area contributed by atoms with Crippen LogP contribution in [-0.4, -0.2) is 44.5 Å². The summed E-state index contributed by atoms with van der Waals surface area (Å²) in [6.07, 6.45) is -4.61. The molecule has 0 aromatic heterocycles. The van der Waals surface area contributed by atoms with Crippen LogP contribution in [0, 0.1) is 10.1 Å². The molecule has 1 N–H and O–H groups in total. The van der Waals surface area contributed by atoms with Gasteiger partial charge in [-0.3, -0.25) is 14.9 Å². The molecule has 0 saturated heterocycles. The molecule has 0 radical (unpaired) electrons. The summed E-state index contributed by atoms with van der Waals surface area (Å²) in [5.74, 6) is -2.44. The van der Waals surface area contributed by atoms with Crippen LogP contribution in [0.1, 0.15) is 10.4 Å². The molecule has 14 heteroatoms. The third-order valence-electron chi connectivity index (χ3n) is 3.43. The maximum atomic E-state index is 12.2. The highest BCUT2D eigenvalue weighted by Crippen LogP contribution is 2.22. The van der Waals surface area contributed by atoms with E-state index in [9.17, 15) is 41.3 Å². The fourth-order valence-electron chi connectivity index (χ4n) is 2.04. The normalized spacial score (nSPS) is 11.5. The molecule has 0 unspecified atom stereocenters. The summed E-state index contributed by atoms with van der Waals surface area (Å²) in [5, 5.41) is 12.3. The first-order chi connectivity index (χ1) is 14.4. The van der Waals surface area contributed by atoms with Crippen molar-refractivity contribution in [2.75, 3.05) is 13.2 Å². The summed E-state index contributed by atoms with van der Waals surface area (Å²) in [6, 6.07) is 8.51. The van der Waals surface area contributed by atoms with Gasteiger partial charge in [0.05, 0.1) is 10.5 Å². The number of rotatable bonds is 8. The number of amides is 1. The van der Waals surface area contributed by atoms with Crippen molar-refractivity contribution in [2.24, 2.45) is 0 Å². The minimum Gasteiger partial charge on any atom is -0.452 e. The van der Waals surface area contributed by atoms with Crippen LogP contribution < -0.4 is 9.50 Å². The average Bonchev–Trinajstić information content (AvgIpc) is 2.70. The fraction of sp³-hybridized carbons (Fsp3) is 0.176. The van der Waals surface area contributed by atoms with Crippen LogP contribution in [0.5, 0.6) is 5.75 Å². The number of carbonyl (C=O) groups is 2. The summed E-state index contributed by atoms with van der Waals surface area (Å²) in [4.78, 5) is 32.6. The maximum absolute atomic E-state index is 12.2. The number of hydrogen-bond acceptors (Lipinski definition) is 8. The van der Waals surface area contributed by atoms with Gasteiger partial charge in [-0.2, -0.15) is 21.6 Å². The number of nitrogens with zero attached hydrogens (tertiary/aromatic N) is 1. The molecule has 0 atom stereocenters. The maximum Gasteiger partial charge on any atom is 0.405 e. The Kier molecular flexibility index (Phi) is 7.17. The third kappa shape index (κ3) is 7.26. The second-order valence-electron chi connectivity index (χ2n) is 5.78. The topological polar surface area (TPSA) is 142 Å². The minimum absolute atomic E-state index is 0.135. The minimum atomic E-state index is -4.61. The highest BCUT2D eigenvalue weighted by atomic mass is 32.2. The Hall–Kier alpha value is -3.68. The van der Waals surface area contributed by atoms with Crippen molar-refractivity contribution in [3.05, 3.63) is 64.2 Å². The number of ether oxygens (including phenoxy) is 1. The van der Waals surface area contributed by atoms with Crippen LogP contribution in [0.3, 0.4) is 0 Å². The molecular formula is C17H13F3N2O8S. The van der Waals surface area contributed by atoms with Crippen LogP contribution in [0.4, 0.5) is 18.9 Å². The molecule has 0 fully saturated rings. The van der Waals surface area contributed by atoms with Gasteiger partial charge in [-0.1, -0.05) is 6.07 Å². The van der Waals surface area contributed by atoms with E-state index in [4.69, 9.17) is 4.18 Å². The van der Waals surface area contributed by atoms with Gasteiger partial charge in [-0.25, -0.2) is 4.79 Å². The predicted octanol–water partition coefficient (Wildman–Crippen LogP) is 2.20. The van der Waals surface area contributed by atoms with Gasteiger partial charge in [0.1, 0.15) is 17.2 Å². The number of carbonyl (C=O) groups excluding carboxylic acids is 2. The summed E-state index contributed by atoms with van der Waals surface area (Å²) < 4.78 is 69.9. The van der Waals surface area contributed by atoms with Crippen molar-refractivity contribution < 1.29 is 45.0 Å². The van der Waals surface area contributed by atoms with Gasteiger partial charge in [-0.05, 0) is 30.3 Å². The number of halogens is 3. The number of alkyl halides is 3. The standard InChI is InChI=1S/C17H13F3N2O8S/c18-17(19,20)10-21-15(23)9-29-16(24)11-4-6-13(7-5-11)30-31(27,28)14-3-1-2-12(8-14)22(25)26/h1-8H,9-10H2,(H,21,23). The Morgan fingerprint density at radius 2 is 1.74 bits per heavy atom. The first-order valence-corrected chi connectivity index (χ1v) is 9.58. The van der Waals surface area contributed by atoms with E-state index in [1.165, 1.54) is 11.4 Å². The zero-order valence-electron chi connectivity index (χ0n) is 15.3. The van der Waals surface area contributed by atoms with Gasteiger partial charge in [0.15, 0.2) is 6.61 Å². The summed E-state index contributed by atoms with van der Waals surface area (Å²) in [5.41, 5.74) is -0.592. The third-order valence-corrected chi connectivity index (χ3v) is 4.68. The van der Waals surface area contributed by atoms with Crippen molar-refractivity contribution >= 4 is 27.7 Å². The zero-order chi connectivity index (χ0) is 23.2. The Balaban J connectivity index is 1.98. The van der Waals surface area contributed by atoms with Crippen molar-refractivity contribution in [3.63, 3.8) is 0 Å². The van der Waals surface area contributed by atoms with Gasteiger partial charge in [-0.15, -0.1) is 0 Å². The van der Waals surface area contributed by atoms with Crippen LogP contribution in [0.15, 0.2) is 53.4 Å². The van der Waals surface area contributed by atoms with Crippen molar-refractivity contribution in [3.8, 4) is 5.75 Å². The lowest BCUT2D eigenvalue weighted by atomic mass is 10.2. The van der Waals surface area contributed by atoms with E-state index >= 15 is 0 Å². The SMILES string of the molecule is O=C(COC(=O)c1ccc(OS(=O)(=O)c2cccc([N+](=O)[O-])c2)cc1)NCC(F)(F)F. The van der Waals surface area contributed by atoms with E-state index in [-0.39, 0.29) is 11.3 Å². The Morgan fingerprint density at radius 1 is 1.10 bits per heavy atom. The molecule has 1 amide bonds. The number of benzene rings is 2. The van der Waals surface area contributed by atoms with Crippen LogP contribution in [-0.2, 0) is 19.6 Å². The second kappa shape index (κ2) is 9.42. The van der Waals surface area contributed by atoms with Crippen LogP contribution in [0.25, 0.3) is 0 Å². The van der Waals surface area contributed by atoms with Crippen LogP contribution in [0.2, 0.25) is 0 Å². The molecule has 10 nitrogen and oxygen atoms in total. The van der Waals surface area contributed by atoms with Crippen molar-refractivity contribution in [1.82, 2.24) is 5.32 Å². The Labute approximate surface area is 172 Å². The quantitative estimate of drug-likeness (QED) is 0.272. The molecular weight excluding hydrogens is 449 g/mol. The Bertz CT molecular complexity index is 1090. The van der Waals surface area contributed by atoms with E-state index in [0.717, 1.165) is 42.5 Å². The van der Waals surface area contributed by atoms with Gasteiger partial charge < -0.3 is 14.2 Å². The highest BCUT2D eigenvalue weighted by molar-refractivity contribution is 7.87. The smallest absolute Gasteiger partial charge is 0.405 e. The molecule has 166 valence electrons. The van der Waals surface area contributed by atoms with Gasteiger partial charge >= 0.3 is 22.3 Å². The van der Waals surface area contributed by atoms with Gasteiger partial charge in [0, 0.05) is 12.1 Å². The lowest BCUT2D eigenvalue weighted by molar-refractivity contribution is -0.385. The zero-order valence-corrected chi connectivity index (χ0v) is 16.1. The molecule has 0 bridgehead atoms. The van der Waals surface area contributed by atoms with E-state index in [0.29, 0.717) is 0 Å². The summed E-state index contributed by atoms with van der Waals surface area (Å²) in [6.45, 7) is -2.53. The summed E-state index contributed by atoms with van der Waals surface area (Å²) in [7, 11) is -4.41. The number of esters is 1. The molecule has 0 aliphatic carbocycles. The van der Waals surface area contributed by atoms with E-state index in [1.54, 1.807) is 0 Å². The summed E-state index contributed by atoms with van der Waals surface area (Å²) >= 11 is 0. The van der Waals surface area contributed by atoms with E-state index in [1.807, 2.05) is 0 Å². The van der Waals surface area contributed by atoms with E-state index < -0.39 is 56.8 Å². The average molecular weight is 462 g/mol. The second-order valence-corrected chi connectivity index (χ2v) is 7.33. The molecule has 2 rings (SSSR count). The molecule has 0 aliphatic rings. The molecule has 0 spiro atoms. The Morgan fingerprint density at radius 3 is 2.32 bits per heavy atom. The number of nitro groups is 1. The molecule has 31 heavy (non-hydrogen) atoms. The van der Waals surface area contributed by atoms with Crippen LogP contribution >= 0.6 is 0 Å². The fourth-order valence-corrected chi connectivity index (χ4v) is 3.01. The van der Waals surface area contributed by atoms with E-state index in [2.05, 4.69) is 4.74 Å². The molecule has 0 heterocycles. The molecule has 2 aromatic rings. The highest BCUT2D eigenvalue weighted by Gasteiger charge is 2.28. The predicted molar refractivity (Wildman–Crippen MR) is 96.7 cm³/mol. The lowest BCUT2D eigenvalue weighted by Crippen LogP contribution is -2.36. The first kappa shape index (κ1) is 23.6. The van der Waals surface area contributed by atoms with Crippen molar-refractivity contribution in [2.45, 2.75) is 11.1 Å². The number of nitrogens with one attached hydrogen (secondary N) is 1. The molecule has 0 aliphatic heterocycles. The largest absolute Gasteiger partial charge is 0.452 e. The molecule has 0 saturated carbocycles. The number of hydrogen-bond donors (Lipinski definition) is 1. The lowest BCUT2D eigenvalue weighted by Gasteiger charge is -2.09. The monoisotopic (exact) mass is 462 g/mol. The number of non-ortho nitro benzene ring substituents is 1. The van der Waals surface area contributed by atoms with Gasteiger partial charge in [0.2, 0.25) is 0 Å². The van der Waals surface area contributed by atoms with Gasteiger partial charge in [0.25, 0.3) is 11.6 Å². The number of nitro benzene ring substituents is 1.